The standard InChI is InChI=1S/C10H13FN6O4/c11-3-7-4-16(14-13-7)6-9(19)8(18)5-15-2-1-12-10(15)17(20)21/h1-2,4,8-9,18-19H,3,5-6H2/i11-1. The Morgan fingerprint density at radius 1 is 1.38 bits per heavy atom. The van der Waals surface area contributed by atoms with E-state index >= 15 is 0 Å². The van der Waals surface area contributed by atoms with Crippen LogP contribution in [0.1, 0.15) is 5.69 Å². The van der Waals surface area contributed by atoms with Crippen molar-refractivity contribution < 1.29 is 19.5 Å². The molecule has 2 N–H and O–H groups in total. The molecule has 2 aromatic rings. The fourth-order valence-corrected chi connectivity index (χ4v) is 1.74. The molecule has 2 unspecified atom stereocenters. The molecule has 0 saturated carbocycles. The van der Waals surface area contributed by atoms with Crippen LogP contribution in [0.4, 0.5) is 10.3 Å². The third-order valence-corrected chi connectivity index (χ3v) is 2.78. The van der Waals surface area contributed by atoms with Gasteiger partial charge >= 0.3 is 5.95 Å². The Bertz CT molecular complexity index is 614. The van der Waals surface area contributed by atoms with Gasteiger partial charge in [-0.25, -0.2) is 13.6 Å². The Balaban J connectivity index is 1.97. The molecule has 114 valence electrons. The number of aromatic nitrogens is 5. The predicted molar refractivity (Wildman–Crippen MR) is 65.7 cm³/mol. The fourth-order valence-electron chi connectivity index (χ4n) is 1.74. The maximum atomic E-state index is 12.3. The largest absolute Gasteiger partial charge is 0.434 e. The van der Waals surface area contributed by atoms with Crippen LogP contribution in [0.3, 0.4) is 0 Å². The van der Waals surface area contributed by atoms with Gasteiger partial charge < -0.3 is 20.3 Å². The van der Waals surface area contributed by atoms with Crippen molar-refractivity contribution in [2.24, 2.45) is 0 Å². The molecule has 11 heteroatoms. The van der Waals surface area contributed by atoms with Gasteiger partial charge in [-0.05, 0) is 4.92 Å². The van der Waals surface area contributed by atoms with Crippen LogP contribution in [0, 0.1) is 10.1 Å². The Morgan fingerprint density at radius 3 is 2.71 bits per heavy atom. The second-order valence-corrected chi connectivity index (χ2v) is 4.34. The summed E-state index contributed by atoms with van der Waals surface area (Å²) in [7, 11) is 0. The van der Waals surface area contributed by atoms with Gasteiger partial charge in [-0.3, -0.25) is 0 Å². The number of nitro groups is 1. The second-order valence-electron chi connectivity index (χ2n) is 4.34. The number of hydrogen-bond acceptors (Lipinski definition) is 7. The van der Waals surface area contributed by atoms with Gasteiger partial charge in [0.15, 0.2) is 0 Å². The summed E-state index contributed by atoms with van der Waals surface area (Å²) < 4.78 is 14.6. The molecule has 0 fully saturated rings. The summed E-state index contributed by atoms with van der Waals surface area (Å²) in [4.78, 5) is 13.5. The average Bonchev–Trinajstić information content (AvgIpc) is 3.07. The van der Waals surface area contributed by atoms with Crippen LogP contribution in [-0.2, 0) is 19.8 Å². The van der Waals surface area contributed by atoms with Crippen molar-refractivity contribution in [1.29, 1.82) is 0 Å². The van der Waals surface area contributed by atoms with Gasteiger partial charge in [0.25, 0.3) is 0 Å². The summed E-state index contributed by atoms with van der Waals surface area (Å²) in [5.41, 5.74) is 0.113. The van der Waals surface area contributed by atoms with Crippen molar-refractivity contribution in [3.63, 3.8) is 0 Å². The number of hydrogen-bond donors (Lipinski definition) is 2. The zero-order chi connectivity index (χ0) is 15.4. The highest BCUT2D eigenvalue weighted by molar-refractivity contribution is 5.06. The van der Waals surface area contributed by atoms with Crippen molar-refractivity contribution in [3.05, 3.63) is 34.4 Å². The summed E-state index contributed by atoms with van der Waals surface area (Å²) in [6.45, 7) is -1.10. The van der Waals surface area contributed by atoms with E-state index in [1.165, 1.54) is 23.3 Å². The van der Waals surface area contributed by atoms with Gasteiger partial charge in [-0.2, -0.15) is 0 Å². The maximum Gasteiger partial charge on any atom is 0.434 e. The van der Waals surface area contributed by atoms with Crippen molar-refractivity contribution >= 4 is 5.95 Å². The molecular weight excluding hydrogens is 286 g/mol. The summed E-state index contributed by atoms with van der Waals surface area (Å²) in [5.74, 6) is -0.429. The SMILES string of the molecule is O=[N+]([O-])c1nccn1CC(O)C(O)Cn1cc(C[18F])nn1. The lowest BCUT2D eigenvalue weighted by atomic mass is 10.2. The van der Waals surface area contributed by atoms with Gasteiger partial charge in [0, 0.05) is 0 Å². The van der Waals surface area contributed by atoms with Crippen LogP contribution < -0.4 is 0 Å². The van der Waals surface area contributed by atoms with E-state index in [-0.39, 0.29) is 18.8 Å². The second kappa shape index (κ2) is 6.37. The first kappa shape index (κ1) is 15.0. The number of aliphatic hydroxyl groups is 2. The number of halogens is 1. The molecule has 0 aliphatic carbocycles. The quantitative estimate of drug-likeness (QED) is 0.509. The molecule has 2 rings (SSSR count). The fraction of sp³-hybridized carbons (Fsp3) is 0.500. The minimum absolute atomic E-state index is 0.113. The molecule has 0 bridgehead atoms. The molecule has 0 aliphatic rings. The monoisotopic (exact) mass is 299 g/mol. The molecule has 0 spiro atoms. The molecule has 0 saturated heterocycles. The van der Waals surface area contributed by atoms with Crippen LogP contribution in [0.15, 0.2) is 18.6 Å². The Labute approximate surface area is 117 Å². The molecule has 2 atom stereocenters. The molecule has 10 nitrogen and oxygen atoms in total. The summed E-state index contributed by atoms with van der Waals surface area (Å²) in [5, 5.41) is 37.5. The lowest BCUT2D eigenvalue weighted by molar-refractivity contribution is -0.397. The minimum atomic E-state index is -1.28. The number of imidazole rings is 1. The van der Waals surface area contributed by atoms with Crippen LogP contribution in [0.2, 0.25) is 0 Å². The third-order valence-electron chi connectivity index (χ3n) is 2.78. The molecule has 2 heterocycles. The van der Waals surface area contributed by atoms with E-state index in [1.807, 2.05) is 0 Å². The van der Waals surface area contributed by atoms with Gasteiger partial charge in [0.2, 0.25) is 0 Å². The van der Waals surface area contributed by atoms with E-state index in [0.29, 0.717) is 0 Å². The van der Waals surface area contributed by atoms with E-state index in [0.717, 1.165) is 4.57 Å². The molecule has 0 aromatic carbocycles. The number of alkyl halides is 1. The van der Waals surface area contributed by atoms with Gasteiger partial charge in [-0.15, -0.1) is 5.10 Å². The van der Waals surface area contributed by atoms with E-state index < -0.39 is 29.8 Å². The van der Waals surface area contributed by atoms with E-state index in [4.69, 9.17) is 0 Å². The maximum absolute atomic E-state index is 12.3. The first-order valence-corrected chi connectivity index (χ1v) is 5.98. The molecular formula is C10H13FN6O4. The minimum Gasteiger partial charge on any atom is -0.390 e. The van der Waals surface area contributed by atoms with E-state index in [2.05, 4.69) is 15.3 Å². The highest BCUT2D eigenvalue weighted by Gasteiger charge is 2.23. The topological polar surface area (TPSA) is 132 Å². The highest BCUT2D eigenvalue weighted by Crippen LogP contribution is 2.10. The average molecular weight is 299 g/mol. The molecule has 0 aliphatic heterocycles. The van der Waals surface area contributed by atoms with Crippen molar-refractivity contribution in [3.8, 4) is 0 Å². The van der Waals surface area contributed by atoms with Gasteiger partial charge in [0.1, 0.15) is 43.5 Å². The molecule has 0 amide bonds. The van der Waals surface area contributed by atoms with Crippen molar-refractivity contribution in [2.75, 3.05) is 0 Å². The van der Waals surface area contributed by atoms with Crippen LogP contribution in [-0.4, -0.2) is 51.9 Å². The van der Waals surface area contributed by atoms with Crippen LogP contribution >= 0.6 is 0 Å². The highest BCUT2D eigenvalue weighted by atomic mass is 18.2. The predicted octanol–water partition coefficient (Wildman–Crippen LogP) is -0.726. The van der Waals surface area contributed by atoms with Crippen LogP contribution in [0.25, 0.3) is 0 Å². The number of aliphatic hydroxyl groups excluding tert-OH is 2. The molecule has 21 heavy (non-hydrogen) atoms. The summed E-state index contributed by atoms with van der Waals surface area (Å²) in [6.07, 6.45) is 1.32. The zero-order valence-corrected chi connectivity index (χ0v) is 10.8. The number of rotatable bonds is 7. The smallest absolute Gasteiger partial charge is 0.390 e. The number of nitrogens with zero attached hydrogens (tertiary/aromatic N) is 6. The van der Waals surface area contributed by atoms with E-state index in [1.54, 1.807) is 0 Å². The Morgan fingerprint density at radius 2 is 2.10 bits per heavy atom. The molecule has 0 radical (unpaired) electrons. The van der Waals surface area contributed by atoms with Crippen molar-refractivity contribution in [1.82, 2.24) is 24.5 Å². The molecule has 2 aromatic heterocycles. The lowest BCUT2D eigenvalue weighted by Gasteiger charge is -2.16. The Kier molecular flexibility index (Phi) is 4.55. The van der Waals surface area contributed by atoms with E-state index in [9.17, 15) is 24.7 Å². The van der Waals surface area contributed by atoms with Gasteiger partial charge in [0.05, 0.1) is 12.7 Å². The lowest BCUT2D eigenvalue weighted by Crippen LogP contribution is -2.34. The summed E-state index contributed by atoms with van der Waals surface area (Å²) >= 11 is 0. The summed E-state index contributed by atoms with van der Waals surface area (Å²) in [6, 6.07) is 0. The van der Waals surface area contributed by atoms with Crippen LogP contribution in [0.5, 0.6) is 0 Å². The third kappa shape index (κ3) is 3.58. The normalized spacial score (nSPS) is 14.0. The van der Waals surface area contributed by atoms with Crippen molar-refractivity contribution in [2.45, 2.75) is 32.0 Å². The Hall–Kier alpha value is -2.40. The zero-order valence-electron chi connectivity index (χ0n) is 10.8. The first-order valence-electron chi connectivity index (χ1n) is 5.98. The van der Waals surface area contributed by atoms with Gasteiger partial charge in [-0.1, -0.05) is 10.2 Å². The first-order chi connectivity index (χ1) is 10.0.